The van der Waals surface area contributed by atoms with Crippen LogP contribution in [0.25, 0.3) is 0 Å². The van der Waals surface area contributed by atoms with E-state index in [1.807, 2.05) is 0 Å². The quantitative estimate of drug-likeness (QED) is 0.778. The summed E-state index contributed by atoms with van der Waals surface area (Å²) in [6.07, 6.45) is -0.168. The van der Waals surface area contributed by atoms with Gasteiger partial charge < -0.3 is 19.1 Å². The maximum atomic E-state index is 12.5. The van der Waals surface area contributed by atoms with E-state index in [0.29, 0.717) is 31.0 Å². The average Bonchev–Trinajstić information content (AvgIpc) is 2.54. The summed E-state index contributed by atoms with van der Waals surface area (Å²) >= 11 is 0. The standard InChI is InChI=1S/C15H19NO5/c1-19-12-5-3-4-11(8-12)15(18)16-6-7-21-13(10-16)9-14(17)20-2/h3-5,8,13H,6-7,9-10H2,1-2H3. The molecule has 1 aliphatic rings. The van der Waals surface area contributed by atoms with E-state index in [2.05, 4.69) is 4.74 Å². The third kappa shape index (κ3) is 3.95. The molecule has 1 atom stereocenters. The zero-order chi connectivity index (χ0) is 15.2. The van der Waals surface area contributed by atoms with Gasteiger partial charge in [-0.15, -0.1) is 0 Å². The first-order chi connectivity index (χ1) is 10.1. The molecule has 1 amide bonds. The molecule has 0 radical (unpaired) electrons. The summed E-state index contributed by atoms with van der Waals surface area (Å²) < 4.78 is 15.2. The summed E-state index contributed by atoms with van der Waals surface area (Å²) in [6.45, 7) is 1.30. The van der Waals surface area contributed by atoms with E-state index in [-0.39, 0.29) is 24.4 Å². The van der Waals surface area contributed by atoms with Crippen molar-refractivity contribution in [1.29, 1.82) is 0 Å². The minimum absolute atomic E-state index is 0.0907. The fourth-order valence-corrected chi connectivity index (χ4v) is 2.24. The second-order valence-electron chi connectivity index (χ2n) is 4.76. The molecule has 0 spiro atoms. The second kappa shape index (κ2) is 7.08. The molecular formula is C15H19NO5. The van der Waals surface area contributed by atoms with Crippen LogP contribution in [0.1, 0.15) is 16.8 Å². The van der Waals surface area contributed by atoms with Gasteiger partial charge in [-0.25, -0.2) is 0 Å². The van der Waals surface area contributed by atoms with Crippen LogP contribution in [-0.2, 0) is 14.3 Å². The number of hydrogen-bond donors (Lipinski definition) is 0. The predicted octanol–water partition coefficient (Wildman–Crippen LogP) is 1.10. The van der Waals surface area contributed by atoms with Crippen molar-refractivity contribution in [3.63, 3.8) is 0 Å². The van der Waals surface area contributed by atoms with Crippen LogP contribution in [0.4, 0.5) is 0 Å². The maximum absolute atomic E-state index is 12.5. The minimum atomic E-state index is -0.337. The van der Waals surface area contributed by atoms with Crippen LogP contribution in [0, 0.1) is 0 Å². The molecule has 1 saturated heterocycles. The van der Waals surface area contributed by atoms with Crippen LogP contribution in [0.3, 0.4) is 0 Å². The Bertz CT molecular complexity index is 517. The van der Waals surface area contributed by atoms with Gasteiger partial charge in [0.1, 0.15) is 5.75 Å². The van der Waals surface area contributed by atoms with Crippen LogP contribution in [0.2, 0.25) is 0 Å². The summed E-state index contributed by atoms with van der Waals surface area (Å²) in [5.74, 6) is 0.211. The van der Waals surface area contributed by atoms with Crippen molar-refractivity contribution in [2.45, 2.75) is 12.5 Å². The Morgan fingerprint density at radius 2 is 2.19 bits per heavy atom. The van der Waals surface area contributed by atoms with E-state index in [1.54, 1.807) is 36.3 Å². The third-order valence-electron chi connectivity index (χ3n) is 3.36. The topological polar surface area (TPSA) is 65.1 Å². The largest absolute Gasteiger partial charge is 0.497 e. The smallest absolute Gasteiger partial charge is 0.308 e. The number of methoxy groups -OCH3 is 2. The number of morpholine rings is 1. The maximum Gasteiger partial charge on any atom is 0.308 e. The molecule has 0 bridgehead atoms. The SMILES string of the molecule is COC(=O)CC1CN(C(=O)c2cccc(OC)c2)CCO1. The summed E-state index contributed by atoms with van der Waals surface area (Å²) in [5, 5.41) is 0. The number of carbonyl (C=O) groups is 2. The van der Waals surface area contributed by atoms with Gasteiger partial charge in [-0.05, 0) is 18.2 Å². The summed E-state index contributed by atoms with van der Waals surface area (Å²) in [5.41, 5.74) is 0.563. The summed E-state index contributed by atoms with van der Waals surface area (Å²) in [6, 6.07) is 7.01. The van der Waals surface area contributed by atoms with Crippen molar-refractivity contribution in [2.75, 3.05) is 33.9 Å². The van der Waals surface area contributed by atoms with Crippen LogP contribution in [0.15, 0.2) is 24.3 Å². The van der Waals surface area contributed by atoms with Gasteiger partial charge in [-0.1, -0.05) is 6.07 Å². The molecule has 0 aliphatic carbocycles. The second-order valence-corrected chi connectivity index (χ2v) is 4.76. The number of nitrogens with zero attached hydrogens (tertiary/aromatic N) is 1. The van der Waals surface area contributed by atoms with Crippen molar-refractivity contribution < 1.29 is 23.8 Å². The third-order valence-corrected chi connectivity index (χ3v) is 3.36. The highest BCUT2D eigenvalue weighted by Gasteiger charge is 2.27. The average molecular weight is 293 g/mol. The van der Waals surface area contributed by atoms with Gasteiger partial charge in [0.25, 0.3) is 5.91 Å². The summed E-state index contributed by atoms with van der Waals surface area (Å²) in [4.78, 5) is 25.4. The Kier molecular flexibility index (Phi) is 5.16. The predicted molar refractivity (Wildman–Crippen MR) is 75.3 cm³/mol. The Balaban J connectivity index is 2.02. The molecule has 1 aliphatic heterocycles. The van der Waals surface area contributed by atoms with Crippen molar-refractivity contribution in [3.8, 4) is 5.75 Å². The molecule has 0 aromatic heterocycles. The molecule has 21 heavy (non-hydrogen) atoms. The molecular weight excluding hydrogens is 274 g/mol. The van der Waals surface area contributed by atoms with Crippen molar-refractivity contribution >= 4 is 11.9 Å². The highest BCUT2D eigenvalue weighted by molar-refractivity contribution is 5.94. The first kappa shape index (κ1) is 15.3. The monoisotopic (exact) mass is 293 g/mol. The minimum Gasteiger partial charge on any atom is -0.497 e. The molecule has 6 nitrogen and oxygen atoms in total. The van der Waals surface area contributed by atoms with Crippen LogP contribution >= 0.6 is 0 Å². The molecule has 1 unspecified atom stereocenters. The number of ether oxygens (including phenoxy) is 3. The van der Waals surface area contributed by atoms with Gasteiger partial charge in [0.05, 0.1) is 33.4 Å². The number of rotatable bonds is 4. The van der Waals surface area contributed by atoms with Crippen molar-refractivity contribution in [2.24, 2.45) is 0 Å². The molecule has 1 aromatic rings. The van der Waals surface area contributed by atoms with Crippen molar-refractivity contribution in [1.82, 2.24) is 4.90 Å². The highest BCUT2D eigenvalue weighted by atomic mass is 16.5. The lowest BCUT2D eigenvalue weighted by atomic mass is 10.1. The molecule has 6 heteroatoms. The van der Waals surface area contributed by atoms with Gasteiger partial charge in [-0.2, -0.15) is 0 Å². The summed E-state index contributed by atoms with van der Waals surface area (Å²) in [7, 11) is 2.90. The molecule has 114 valence electrons. The van der Waals surface area contributed by atoms with E-state index in [9.17, 15) is 9.59 Å². The van der Waals surface area contributed by atoms with E-state index in [4.69, 9.17) is 9.47 Å². The van der Waals surface area contributed by atoms with Crippen LogP contribution in [0.5, 0.6) is 5.75 Å². The number of carbonyl (C=O) groups excluding carboxylic acids is 2. The molecule has 2 rings (SSSR count). The van der Waals surface area contributed by atoms with Crippen LogP contribution < -0.4 is 4.74 Å². The van der Waals surface area contributed by atoms with Crippen molar-refractivity contribution in [3.05, 3.63) is 29.8 Å². The van der Waals surface area contributed by atoms with E-state index in [1.165, 1.54) is 7.11 Å². The zero-order valence-corrected chi connectivity index (χ0v) is 12.2. The first-order valence-electron chi connectivity index (χ1n) is 6.75. The number of amides is 1. The Morgan fingerprint density at radius 1 is 1.38 bits per heavy atom. The Hall–Kier alpha value is -2.08. The highest BCUT2D eigenvalue weighted by Crippen LogP contribution is 2.17. The van der Waals surface area contributed by atoms with E-state index in [0.717, 1.165) is 0 Å². The fourth-order valence-electron chi connectivity index (χ4n) is 2.24. The lowest BCUT2D eigenvalue weighted by Crippen LogP contribution is -2.46. The lowest BCUT2D eigenvalue weighted by Gasteiger charge is -2.32. The van der Waals surface area contributed by atoms with Gasteiger partial charge in [0, 0.05) is 18.7 Å². The number of esters is 1. The fraction of sp³-hybridized carbons (Fsp3) is 0.467. The van der Waals surface area contributed by atoms with E-state index < -0.39 is 0 Å². The van der Waals surface area contributed by atoms with Gasteiger partial charge in [0.15, 0.2) is 0 Å². The molecule has 1 fully saturated rings. The normalized spacial score (nSPS) is 18.2. The van der Waals surface area contributed by atoms with Gasteiger partial charge in [0.2, 0.25) is 0 Å². The van der Waals surface area contributed by atoms with E-state index >= 15 is 0 Å². The van der Waals surface area contributed by atoms with Gasteiger partial charge in [-0.3, -0.25) is 9.59 Å². The first-order valence-corrected chi connectivity index (χ1v) is 6.75. The Morgan fingerprint density at radius 3 is 2.90 bits per heavy atom. The molecule has 0 saturated carbocycles. The zero-order valence-electron chi connectivity index (χ0n) is 12.2. The number of hydrogen-bond acceptors (Lipinski definition) is 5. The molecule has 1 heterocycles. The molecule has 0 N–H and O–H groups in total. The lowest BCUT2D eigenvalue weighted by molar-refractivity contribution is -0.145. The number of benzene rings is 1. The van der Waals surface area contributed by atoms with Gasteiger partial charge >= 0.3 is 5.97 Å². The van der Waals surface area contributed by atoms with Crippen LogP contribution in [-0.4, -0.2) is 56.8 Å². The Labute approximate surface area is 123 Å². The molecule has 1 aromatic carbocycles.